The van der Waals surface area contributed by atoms with Crippen molar-refractivity contribution < 1.29 is 18.0 Å². The van der Waals surface area contributed by atoms with Crippen molar-refractivity contribution in [1.82, 2.24) is 0 Å². The zero-order valence-electron chi connectivity index (χ0n) is 9.55. The second kappa shape index (κ2) is 6.34. The first-order chi connectivity index (χ1) is 8.24. The smallest absolute Gasteiger partial charge is 0.298 e. The molecule has 7 heteroatoms. The van der Waals surface area contributed by atoms with Crippen molar-refractivity contribution in [3.63, 3.8) is 0 Å². The molecule has 18 heavy (non-hydrogen) atoms. The minimum Gasteiger partial charge on any atom is -0.298 e. The topological polar surface area (TPSA) is 17.1 Å². The lowest BCUT2D eigenvalue weighted by molar-refractivity contribution is -0.116. The molecule has 1 rings (SSSR count). The van der Waals surface area contributed by atoms with Gasteiger partial charge in [-0.25, -0.2) is 0 Å². The maximum atomic E-state index is 12.5. The second-order valence-electron chi connectivity index (χ2n) is 3.42. The molecule has 1 nitrogen and oxygen atoms in total. The molecule has 100 valence electrons. The van der Waals surface area contributed by atoms with Crippen LogP contribution in [0.25, 0.3) is 0 Å². The van der Waals surface area contributed by atoms with Crippen LogP contribution in [0.1, 0.15) is 17.3 Å². The number of ketones is 1. The summed E-state index contributed by atoms with van der Waals surface area (Å²) in [7, 11) is 0. The summed E-state index contributed by atoms with van der Waals surface area (Å²) in [6.45, 7) is 1.34. The van der Waals surface area contributed by atoms with Crippen molar-refractivity contribution in [3.8, 4) is 0 Å². The molecule has 0 aliphatic carbocycles. The summed E-state index contributed by atoms with van der Waals surface area (Å²) in [5, 5.41) is 0. The van der Waals surface area contributed by atoms with E-state index >= 15 is 0 Å². The van der Waals surface area contributed by atoms with Gasteiger partial charge in [0, 0.05) is 9.79 Å². The van der Waals surface area contributed by atoms with Gasteiger partial charge in [-0.1, -0.05) is 22.0 Å². The number of carbonyl (C=O) groups is 1. The Hall–Kier alpha value is -0.140. The summed E-state index contributed by atoms with van der Waals surface area (Å²) in [5.74, 6) is -0.226. The van der Waals surface area contributed by atoms with Crippen molar-refractivity contribution in [2.24, 2.45) is 0 Å². The maximum absolute atomic E-state index is 12.5. The molecule has 1 aromatic rings. The van der Waals surface area contributed by atoms with E-state index in [-0.39, 0.29) is 22.4 Å². The zero-order chi connectivity index (χ0) is 13.9. The summed E-state index contributed by atoms with van der Waals surface area (Å²) in [5.41, 5.74) is -4.02. The quantitative estimate of drug-likeness (QED) is 0.554. The van der Waals surface area contributed by atoms with Crippen LogP contribution in [0, 0.1) is 0 Å². The summed E-state index contributed by atoms with van der Waals surface area (Å²) in [6.07, 6.45) is 1.79. The lowest BCUT2D eigenvalue weighted by Crippen LogP contribution is -2.06. The number of thioether (sulfide) groups is 2. The van der Waals surface area contributed by atoms with Crippen LogP contribution >= 0.6 is 39.5 Å². The first-order valence-electron chi connectivity index (χ1n) is 4.83. The minimum absolute atomic E-state index is 0.0615. The van der Waals surface area contributed by atoms with E-state index in [9.17, 15) is 18.0 Å². The molecule has 0 aliphatic rings. The molecule has 0 spiro atoms. The zero-order valence-corrected chi connectivity index (χ0v) is 12.8. The SMILES string of the molecule is CSc1ccc(C(Br)C(C)=O)c(SC(F)(F)F)c1. The van der Waals surface area contributed by atoms with Crippen molar-refractivity contribution in [2.45, 2.75) is 27.1 Å². The predicted octanol–water partition coefficient (Wildman–Crippen LogP) is 5.05. The van der Waals surface area contributed by atoms with Gasteiger partial charge < -0.3 is 0 Å². The van der Waals surface area contributed by atoms with E-state index in [1.54, 1.807) is 18.4 Å². The standard InChI is InChI=1S/C11H10BrF3OS2/c1-6(16)10(12)8-4-3-7(17-2)5-9(8)18-11(13,14)15/h3-5,10H,1-2H3. The average Bonchev–Trinajstić information content (AvgIpc) is 2.25. The Morgan fingerprint density at radius 3 is 2.44 bits per heavy atom. The van der Waals surface area contributed by atoms with Crippen LogP contribution < -0.4 is 0 Å². The van der Waals surface area contributed by atoms with Crippen molar-refractivity contribution in [2.75, 3.05) is 6.26 Å². The van der Waals surface area contributed by atoms with Crippen LogP contribution in [-0.4, -0.2) is 17.5 Å². The fourth-order valence-corrected chi connectivity index (χ4v) is 3.09. The Morgan fingerprint density at radius 2 is 2.00 bits per heavy atom. The number of hydrogen-bond acceptors (Lipinski definition) is 3. The molecule has 0 aromatic heterocycles. The molecule has 0 heterocycles. The fourth-order valence-electron chi connectivity index (χ4n) is 1.28. The second-order valence-corrected chi connectivity index (χ2v) is 6.33. The van der Waals surface area contributed by atoms with Crippen LogP contribution in [0.5, 0.6) is 0 Å². The molecular weight excluding hydrogens is 349 g/mol. The lowest BCUT2D eigenvalue weighted by atomic mass is 10.1. The summed E-state index contributed by atoms with van der Waals surface area (Å²) >= 11 is 4.28. The van der Waals surface area contributed by atoms with Crippen LogP contribution in [0.2, 0.25) is 0 Å². The third kappa shape index (κ3) is 4.51. The van der Waals surface area contributed by atoms with E-state index < -0.39 is 10.3 Å². The Balaban J connectivity index is 3.20. The number of alkyl halides is 4. The van der Waals surface area contributed by atoms with Crippen molar-refractivity contribution >= 4 is 45.2 Å². The minimum atomic E-state index is -4.37. The van der Waals surface area contributed by atoms with Gasteiger partial charge in [0.1, 0.15) is 5.78 Å². The largest absolute Gasteiger partial charge is 0.446 e. The van der Waals surface area contributed by atoms with Crippen molar-refractivity contribution in [3.05, 3.63) is 23.8 Å². The van der Waals surface area contributed by atoms with Gasteiger partial charge in [-0.2, -0.15) is 13.2 Å². The molecule has 0 fully saturated rings. The van der Waals surface area contributed by atoms with E-state index in [4.69, 9.17) is 0 Å². The van der Waals surface area contributed by atoms with E-state index in [1.165, 1.54) is 24.8 Å². The van der Waals surface area contributed by atoms with Crippen LogP contribution in [0.4, 0.5) is 13.2 Å². The van der Waals surface area contributed by atoms with E-state index in [1.807, 2.05) is 0 Å². The van der Waals surface area contributed by atoms with Gasteiger partial charge in [0.2, 0.25) is 0 Å². The first kappa shape index (κ1) is 15.9. The molecule has 0 saturated heterocycles. The van der Waals surface area contributed by atoms with Gasteiger partial charge in [0.05, 0.1) is 4.83 Å². The van der Waals surface area contributed by atoms with Gasteiger partial charge >= 0.3 is 5.51 Å². The predicted molar refractivity (Wildman–Crippen MR) is 72.5 cm³/mol. The fraction of sp³-hybridized carbons (Fsp3) is 0.364. The monoisotopic (exact) mass is 358 g/mol. The number of carbonyl (C=O) groups excluding carboxylic acids is 1. The van der Waals surface area contributed by atoms with E-state index in [2.05, 4.69) is 15.9 Å². The third-order valence-electron chi connectivity index (χ3n) is 2.08. The Labute approximate surface area is 120 Å². The van der Waals surface area contributed by atoms with Crippen LogP contribution in [-0.2, 0) is 4.79 Å². The molecule has 0 N–H and O–H groups in total. The average molecular weight is 359 g/mol. The summed E-state index contributed by atoms with van der Waals surface area (Å²) < 4.78 is 37.4. The molecule has 1 atom stereocenters. The van der Waals surface area contributed by atoms with Gasteiger partial charge in [-0.15, -0.1) is 11.8 Å². The molecule has 0 saturated carbocycles. The van der Waals surface area contributed by atoms with Gasteiger partial charge in [-0.3, -0.25) is 4.79 Å². The highest BCUT2D eigenvalue weighted by Gasteiger charge is 2.32. The number of halogens is 4. The van der Waals surface area contributed by atoms with Crippen LogP contribution in [0.15, 0.2) is 28.0 Å². The molecule has 0 amide bonds. The Kier molecular flexibility index (Phi) is 5.61. The van der Waals surface area contributed by atoms with Gasteiger partial charge in [-0.05, 0) is 42.6 Å². The Bertz CT molecular complexity index is 448. The normalized spacial score (nSPS) is 13.4. The number of benzene rings is 1. The van der Waals surface area contributed by atoms with E-state index in [0.717, 1.165) is 4.90 Å². The third-order valence-corrected chi connectivity index (χ3v) is 4.74. The number of Topliss-reactive ketones (excluding diaryl/α,β-unsaturated/α-hetero) is 1. The highest BCUT2D eigenvalue weighted by molar-refractivity contribution is 9.09. The van der Waals surface area contributed by atoms with Gasteiger partial charge in [0.15, 0.2) is 0 Å². The van der Waals surface area contributed by atoms with Gasteiger partial charge in [0.25, 0.3) is 0 Å². The molecule has 0 aliphatic heterocycles. The first-order valence-corrected chi connectivity index (χ1v) is 7.78. The molecular formula is C11H10BrF3OS2. The number of hydrogen-bond donors (Lipinski definition) is 0. The number of rotatable bonds is 4. The highest BCUT2D eigenvalue weighted by atomic mass is 79.9. The molecule has 0 radical (unpaired) electrons. The van der Waals surface area contributed by atoms with Crippen molar-refractivity contribution in [1.29, 1.82) is 0 Å². The summed E-state index contributed by atoms with van der Waals surface area (Å²) in [4.78, 5) is 11.4. The lowest BCUT2D eigenvalue weighted by Gasteiger charge is -2.15. The maximum Gasteiger partial charge on any atom is 0.446 e. The summed E-state index contributed by atoms with van der Waals surface area (Å²) in [6, 6.07) is 4.72. The van der Waals surface area contributed by atoms with Crippen LogP contribution in [0.3, 0.4) is 0 Å². The molecule has 1 aromatic carbocycles. The Morgan fingerprint density at radius 1 is 1.39 bits per heavy atom. The highest BCUT2D eigenvalue weighted by Crippen LogP contribution is 2.43. The molecule has 0 bridgehead atoms. The molecule has 1 unspecified atom stereocenters. The van der Waals surface area contributed by atoms with E-state index in [0.29, 0.717) is 5.56 Å².